The highest BCUT2D eigenvalue weighted by atomic mass is 35.5. The number of alkyl halides is 3. The first kappa shape index (κ1) is 28.6. The second-order valence-corrected chi connectivity index (χ2v) is 9.95. The lowest BCUT2D eigenvalue weighted by Gasteiger charge is -2.30. The van der Waals surface area contributed by atoms with Crippen molar-refractivity contribution in [2.45, 2.75) is 26.4 Å². The third kappa shape index (κ3) is 5.51. The van der Waals surface area contributed by atoms with Gasteiger partial charge in [-0.3, -0.25) is 9.59 Å². The molecular weight excluding hydrogens is 566 g/mol. The average Bonchev–Trinajstić information content (AvgIpc) is 3.46. The lowest BCUT2D eigenvalue weighted by Crippen LogP contribution is -2.43. The Morgan fingerprint density at radius 2 is 1.93 bits per heavy atom. The number of rotatable bonds is 8. The quantitative estimate of drug-likeness (QED) is 0.246. The van der Waals surface area contributed by atoms with Crippen LogP contribution in [0.5, 0.6) is 0 Å². The van der Waals surface area contributed by atoms with E-state index in [1.54, 1.807) is 0 Å². The largest absolute Gasteiger partial charge is 0.419 e. The van der Waals surface area contributed by atoms with Crippen LogP contribution in [-0.4, -0.2) is 69.3 Å². The molecule has 0 bridgehead atoms. The number of carbonyl (C=O) groups is 2. The third-order valence-electron chi connectivity index (χ3n) is 7.17. The van der Waals surface area contributed by atoms with Crippen LogP contribution in [0.2, 0.25) is 5.02 Å². The number of benzene rings is 1. The Morgan fingerprint density at radius 3 is 2.61 bits per heavy atom. The lowest BCUT2D eigenvalue weighted by atomic mass is 10.00. The minimum Gasteiger partial charge on any atom is -0.358 e. The van der Waals surface area contributed by atoms with Gasteiger partial charge in [0, 0.05) is 37.4 Å². The molecular formula is C27H26ClF4N7O2. The minimum atomic E-state index is -4.88. The molecule has 0 saturated carbocycles. The number of hydrogen-bond acceptors (Lipinski definition) is 6. The first-order chi connectivity index (χ1) is 19.5. The Morgan fingerprint density at radius 1 is 1.17 bits per heavy atom. The van der Waals surface area contributed by atoms with Crippen molar-refractivity contribution >= 4 is 52.4 Å². The topological polar surface area (TPSA) is 106 Å². The Bertz CT molecular complexity index is 1550. The molecule has 3 aromatic rings. The van der Waals surface area contributed by atoms with Gasteiger partial charge in [0.05, 0.1) is 33.0 Å². The van der Waals surface area contributed by atoms with Gasteiger partial charge < -0.3 is 25.4 Å². The van der Waals surface area contributed by atoms with Crippen LogP contribution in [0.15, 0.2) is 24.5 Å². The van der Waals surface area contributed by atoms with Gasteiger partial charge >= 0.3 is 6.18 Å². The molecule has 0 spiro atoms. The number of H-pyrrole nitrogens is 1. The summed E-state index contributed by atoms with van der Waals surface area (Å²) in [5, 5.41) is 5.29. The van der Waals surface area contributed by atoms with E-state index in [0.717, 1.165) is 31.6 Å². The van der Waals surface area contributed by atoms with Crippen LogP contribution >= 0.6 is 11.6 Å². The van der Waals surface area contributed by atoms with E-state index in [4.69, 9.17) is 11.6 Å². The van der Waals surface area contributed by atoms with E-state index < -0.39 is 40.6 Å². The van der Waals surface area contributed by atoms with E-state index in [0.29, 0.717) is 18.8 Å². The molecule has 9 nitrogen and oxygen atoms in total. The Balaban J connectivity index is 1.55. The van der Waals surface area contributed by atoms with Crippen LogP contribution in [0.1, 0.15) is 46.7 Å². The fourth-order valence-corrected chi connectivity index (χ4v) is 5.21. The number of likely N-dealkylation sites (N-methyl/N-ethyl adjacent to an activating group) is 1. The molecule has 0 radical (unpaired) electrons. The third-order valence-corrected chi connectivity index (χ3v) is 7.46. The summed E-state index contributed by atoms with van der Waals surface area (Å²) in [7, 11) is 0. The van der Waals surface area contributed by atoms with Crippen molar-refractivity contribution in [2.24, 2.45) is 0 Å². The highest BCUT2D eigenvalue weighted by molar-refractivity contribution is 6.35. The molecule has 14 heteroatoms. The van der Waals surface area contributed by atoms with Gasteiger partial charge in [0.25, 0.3) is 11.8 Å². The number of anilines is 3. The second-order valence-electron chi connectivity index (χ2n) is 9.55. The van der Waals surface area contributed by atoms with E-state index in [2.05, 4.69) is 30.5 Å². The van der Waals surface area contributed by atoms with E-state index in [9.17, 15) is 27.2 Å². The summed E-state index contributed by atoms with van der Waals surface area (Å²) in [4.78, 5) is 40.7. The predicted octanol–water partition coefficient (Wildman–Crippen LogP) is 5.19. The number of halogens is 5. The molecule has 5 rings (SSSR count). The van der Waals surface area contributed by atoms with Crippen molar-refractivity contribution in [3.05, 3.63) is 63.4 Å². The first-order valence-electron chi connectivity index (χ1n) is 13.0. The highest BCUT2D eigenvalue weighted by Crippen LogP contribution is 2.42. The van der Waals surface area contributed by atoms with Crippen LogP contribution in [-0.2, 0) is 17.4 Å². The standard InChI is InChI=1S/C27H26ClF4N7O2/c1-3-38(4-2)9-10-39-8-7-18-21(26(39)41)22(27(30,31)32)19(36-18)12-15-20-23(33-13-34-24(20)37-25(15)40)35-14-5-6-17(29)16(28)11-14/h5-6,11-13,36H,3-4,7-10H2,1-2H3,(H2,33,34,35,37,40)/b15-12-. The van der Waals surface area contributed by atoms with Gasteiger partial charge in [0.15, 0.2) is 0 Å². The SMILES string of the molecule is CCN(CC)CCN1CCc2[nH]c(/C=C3\C(=O)Nc4ncnc(Nc5ccc(F)c(Cl)c5)c43)c(C(F)(F)F)c2C1=O. The summed E-state index contributed by atoms with van der Waals surface area (Å²) in [6.07, 6.45) is -2.46. The zero-order valence-electron chi connectivity index (χ0n) is 22.1. The number of amides is 2. The van der Waals surface area contributed by atoms with Gasteiger partial charge in [0.2, 0.25) is 0 Å². The maximum atomic E-state index is 14.5. The van der Waals surface area contributed by atoms with Gasteiger partial charge in [-0.2, -0.15) is 13.2 Å². The summed E-state index contributed by atoms with van der Waals surface area (Å²) in [6, 6.07) is 3.83. The van der Waals surface area contributed by atoms with Crippen molar-refractivity contribution in [2.75, 3.05) is 43.4 Å². The molecule has 41 heavy (non-hydrogen) atoms. The van der Waals surface area contributed by atoms with Gasteiger partial charge in [-0.25, -0.2) is 14.4 Å². The van der Waals surface area contributed by atoms with E-state index in [1.165, 1.54) is 17.0 Å². The van der Waals surface area contributed by atoms with E-state index >= 15 is 0 Å². The Labute approximate surface area is 237 Å². The molecule has 3 N–H and O–H groups in total. The van der Waals surface area contributed by atoms with Crippen LogP contribution < -0.4 is 10.6 Å². The monoisotopic (exact) mass is 591 g/mol. The zero-order chi connectivity index (χ0) is 29.5. The normalized spacial score (nSPS) is 15.9. The number of aromatic nitrogens is 3. The van der Waals surface area contributed by atoms with E-state index in [-0.39, 0.29) is 46.5 Å². The molecule has 0 unspecified atom stereocenters. The first-order valence-corrected chi connectivity index (χ1v) is 13.3. The second kappa shape index (κ2) is 11.1. The van der Waals surface area contributed by atoms with Gasteiger partial charge in [-0.15, -0.1) is 0 Å². The van der Waals surface area contributed by atoms with Crippen molar-refractivity contribution in [1.82, 2.24) is 24.8 Å². The van der Waals surface area contributed by atoms with Crippen LogP contribution in [0.3, 0.4) is 0 Å². The molecule has 2 amide bonds. The van der Waals surface area contributed by atoms with Crippen molar-refractivity contribution in [3.63, 3.8) is 0 Å². The highest BCUT2D eigenvalue weighted by Gasteiger charge is 2.44. The Hall–Kier alpha value is -3.97. The smallest absolute Gasteiger partial charge is 0.358 e. The summed E-state index contributed by atoms with van der Waals surface area (Å²) in [6.45, 7) is 6.59. The van der Waals surface area contributed by atoms with Crippen molar-refractivity contribution < 1.29 is 27.2 Å². The average molecular weight is 592 g/mol. The molecule has 2 aliphatic heterocycles. The summed E-state index contributed by atoms with van der Waals surface area (Å²) < 4.78 is 57.1. The van der Waals surface area contributed by atoms with Crippen LogP contribution in [0.4, 0.5) is 34.9 Å². The summed E-state index contributed by atoms with van der Waals surface area (Å²) in [5.41, 5.74) is -1.52. The molecule has 0 aliphatic carbocycles. The predicted molar refractivity (Wildman–Crippen MR) is 146 cm³/mol. The number of nitrogens with one attached hydrogen (secondary N) is 3. The maximum Gasteiger partial charge on any atom is 0.419 e. The molecule has 4 heterocycles. The Kier molecular flexibility index (Phi) is 7.75. The van der Waals surface area contributed by atoms with Gasteiger partial charge in [0.1, 0.15) is 23.8 Å². The van der Waals surface area contributed by atoms with Crippen molar-refractivity contribution in [1.29, 1.82) is 0 Å². The van der Waals surface area contributed by atoms with E-state index in [1.807, 2.05) is 13.8 Å². The number of hydrogen-bond donors (Lipinski definition) is 3. The van der Waals surface area contributed by atoms with Crippen LogP contribution in [0, 0.1) is 5.82 Å². The number of aromatic amines is 1. The maximum absolute atomic E-state index is 14.5. The minimum absolute atomic E-state index is 0.0792. The van der Waals surface area contributed by atoms with Gasteiger partial charge in [-0.1, -0.05) is 25.4 Å². The molecule has 216 valence electrons. The lowest BCUT2D eigenvalue weighted by molar-refractivity contribution is -0.138. The fraction of sp³-hybridized carbons (Fsp3) is 0.333. The molecule has 2 aliphatic rings. The number of nitrogens with zero attached hydrogens (tertiary/aromatic N) is 4. The molecule has 0 fully saturated rings. The van der Waals surface area contributed by atoms with Crippen molar-refractivity contribution in [3.8, 4) is 0 Å². The van der Waals surface area contributed by atoms with Crippen LogP contribution in [0.25, 0.3) is 11.6 Å². The zero-order valence-corrected chi connectivity index (χ0v) is 22.9. The molecule has 0 atom stereocenters. The molecule has 1 aromatic carbocycles. The summed E-state index contributed by atoms with van der Waals surface area (Å²) in [5.74, 6) is -1.88. The number of carbonyl (C=O) groups excluding carboxylic acids is 2. The molecule has 2 aromatic heterocycles. The number of fused-ring (bicyclic) bond motifs is 2. The molecule has 0 saturated heterocycles. The van der Waals surface area contributed by atoms with Gasteiger partial charge in [-0.05, 0) is 37.4 Å². The summed E-state index contributed by atoms with van der Waals surface area (Å²) >= 11 is 5.87. The fourth-order valence-electron chi connectivity index (χ4n) is 5.03.